The molecule has 0 aliphatic heterocycles. The number of aryl methyl sites for hydroxylation is 1. The number of aromatic nitrogens is 2. The average Bonchev–Trinajstić information content (AvgIpc) is 2.69. The normalized spacial score (nSPS) is 10.3. The summed E-state index contributed by atoms with van der Waals surface area (Å²) in [5, 5.41) is 2.59. The number of anilines is 1. The maximum atomic E-state index is 12.8. The van der Waals surface area contributed by atoms with Crippen LogP contribution in [-0.2, 0) is 17.8 Å². The van der Waals surface area contributed by atoms with E-state index in [0.29, 0.717) is 12.2 Å². The summed E-state index contributed by atoms with van der Waals surface area (Å²) in [7, 11) is 0. The molecular formula is C20H19N3O3. The van der Waals surface area contributed by atoms with Gasteiger partial charge < -0.3 is 4.74 Å². The Balaban J connectivity index is 1.82. The van der Waals surface area contributed by atoms with Gasteiger partial charge in [0.25, 0.3) is 5.56 Å². The van der Waals surface area contributed by atoms with Crippen molar-refractivity contribution < 1.29 is 9.53 Å². The Bertz CT molecular complexity index is 938. The van der Waals surface area contributed by atoms with Crippen LogP contribution in [0.2, 0.25) is 0 Å². The summed E-state index contributed by atoms with van der Waals surface area (Å²) in [6, 6.07) is 16.4. The van der Waals surface area contributed by atoms with Gasteiger partial charge >= 0.3 is 6.09 Å². The lowest BCUT2D eigenvalue weighted by molar-refractivity contribution is 0.155. The summed E-state index contributed by atoms with van der Waals surface area (Å²) >= 11 is 0. The van der Waals surface area contributed by atoms with Gasteiger partial charge in [0.2, 0.25) is 0 Å². The standard InChI is InChI=1S/C20H19N3O3/c1-2-16-11-13-23(17-10-6-7-12-21-17)19(24)18(16)22-20(25)26-14-15-8-4-3-5-9-15/h3-13H,2,14H2,1H3,(H,22,25). The molecule has 1 aromatic carbocycles. The highest BCUT2D eigenvalue weighted by Gasteiger charge is 2.14. The quantitative estimate of drug-likeness (QED) is 0.764. The van der Waals surface area contributed by atoms with Crippen molar-refractivity contribution in [1.82, 2.24) is 9.55 Å². The summed E-state index contributed by atoms with van der Waals surface area (Å²) in [6.45, 7) is 2.05. The van der Waals surface area contributed by atoms with Gasteiger partial charge in [-0.05, 0) is 35.7 Å². The van der Waals surface area contributed by atoms with Crippen LogP contribution in [0.4, 0.5) is 10.5 Å². The van der Waals surface area contributed by atoms with Crippen LogP contribution in [0.25, 0.3) is 5.82 Å². The summed E-state index contributed by atoms with van der Waals surface area (Å²) in [6.07, 6.45) is 3.20. The van der Waals surface area contributed by atoms with Crippen LogP contribution in [-0.4, -0.2) is 15.6 Å². The molecule has 0 fully saturated rings. The molecule has 2 heterocycles. The minimum atomic E-state index is -0.667. The maximum absolute atomic E-state index is 12.8. The molecule has 0 unspecified atom stereocenters. The molecule has 3 aromatic rings. The minimum Gasteiger partial charge on any atom is -0.444 e. The summed E-state index contributed by atoms with van der Waals surface area (Å²) < 4.78 is 6.61. The van der Waals surface area contributed by atoms with E-state index in [2.05, 4.69) is 10.3 Å². The van der Waals surface area contributed by atoms with Gasteiger partial charge in [0, 0.05) is 12.4 Å². The molecule has 26 heavy (non-hydrogen) atoms. The summed E-state index contributed by atoms with van der Waals surface area (Å²) in [4.78, 5) is 29.1. The fraction of sp³-hybridized carbons (Fsp3) is 0.150. The Kier molecular flexibility index (Phi) is 5.43. The number of nitrogens with one attached hydrogen (secondary N) is 1. The molecule has 0 radical (unpaired) electrons. The van der Waals surface area contributed by atoms with Gasteiger partial charge in [-0.3, -0.25) is 14.7 Å². The molecule has 0 spiro atoms. The second kappa shape index (κ2) is 8.11. The van der Waals surface area contributed by atoms with Crippen molar-refractivity contribution in [2.24, 2.45) is 0 Å². The number of nitrogens with zero attached hydrogens (tertiary/aromatic N) is 2. The van der Waals surface area contributed by atoms with Gasteiger partial charge in [0.05, 0.1) is 0 Å². The highest BCUT2D eigenvalue weighted by Crippen LogP contribution is 2.13. The zero-order valence-electron chi connectivity index (χ0n) is 14.4. The molecule has 2 aromatic heterocycles. The van der Waals surface area contributed by atoms with Crippen LogP contribution >= 0.6 is 0 Å². The molecule has 3 rings (SSSR count). The molecule has 0 aliphatic rings. The molecule has 6 heteroatoms. The first kappa shape index (κ1) is 17.4. The van der Waals surface area contributed by atoms with Crippen molar-refractivity contribution in [2.45, 2.75) is 20.0 Å². The first-order valence-corrected chi connectivity index (χ1v) is 8.32. The van der Waals surface area contributed by atoms with E-state index < -0.39 is 6.09 Å². The van der Waals surface area contributed by atoms with Crippen molar-refractivity contribution in [3.63, 3.8) is 0 Å². The van der Waals surface area contributed by atoms with Crippen molar-refractivity contribution in [3.8, 4) is 5.82 Å². The maximum Gasteiger partial charge on any atom is 0.412 e. The van der Waals surface area contributed by atoms with Crippen molar-refractivity contribution in [1.29, 1.82) is 0 Å². The molecule has 132 valence electrons. The number of carbonyl (C=O) groups is 1. The van der Waals surface area contributed by atoms with Gasteiger partial charge in [-0.1, -0.05) is 43.3 Å². The van der Waals surface area contributed by atoms with Gasteiger partial charge in [0.15, 0.2) is 0 Å². The van der Waals surface area contributed by atoms with Gasteiger partial charge in [-0.15, -0.1) is 0 Å². The van der Waals surface area contributed by atoms with Gasteiger partial charge in [-0.2, -0.15) is 0 Å². The Hall–Kier alpha value is -3.41. The number of hydrogen-bond acceptors (Lipinski definition) is 4. The van der Waals surface area contributed by atoms with E-state index in [0.717, 1.165) is 11.1 Å². The number of carbonyl (C=O) groups excluding carboxylic acids is 1. The predicted octanol–water partition coefficient (Wildman–Crippen LogP) is 3.54. The fourth-order valence-electron chi connectivity index (χ4n) is 2.54. The second-order valence-electron chi connectivity index (χ2n) is 5.62. The van der Waals surface area contributed by atoms with Crippen LogP contribution in [0.5, 0.6) is 0 Å². The van der Waals surface area contributed by atoms with E-state index in [9.17, 15) is 9.59 Å². The largest absolute Gasteiger partial charge is 0.444 e. The highest BCUT2D eigenvalue weighted by molar-refractivity contribution is 5.85. The number of hydrogen-bond donors (Lipinski definition) is 1. The van der Waals surface area contributed by atoms with E-state index in [4.69, 9.17) is 4.74 Å². The third-order valence-corrected chi connectivity index (χ3v) is 3.90. The van der Waals surface area contributed by atoms with E-state index in [-0.39, 0.29) is 17.9 Å². The zero-order chi connectivity index (χ0) is 18.4. The molecule has 1 N–H and O–H groups in total. The van der Waals surface area contributed by atoms with E-state index >= 15 is 0 Å². The fourth-order valence-corrected chi connectivity index (χ4v) is 2.54. The average molecular weight is 349 g/mol. The molecule has 0 aliphatic carbocycles. The first-order chi connectivity index (χ1) is 12.7. The van der Waals surface area contributed by atoms with E-state index in [1.54, 1.807) is 36.7 Å². The molecule has 6 nitrogen and oxygen atoms in total. The zero-order valence-corrected chi connectivity index (χ0v) is 14.4. The van der Waals surface area contributed by atoms with Crippen molar-refractivity contribution in [2.75, 3.05) is 5.32 Å². The summed E-state index contributed by atoms with van der Waals surface area (Å²) in [5.74, 6) is 0.487. The Morgan fingerprint density at radius 1 is 1.12 bits per heavy atom. The second-order valence-corrected chi connectivity index (χ2v) is 5.62. The van der Waals surface area contributed by atoms with Crippen LogP contribution < -0.4 is 10.9 Å². The number of ether oxygens (including phenoxy) is 1. The van der Waals surface area contributed by atoms with E-state index in [1.807, 2.05) is 37.3 Å². The third-order valence-electron chi connectivity index (χ3n) is 3.90. The summed E-state index contributed by atoms with van der Waals surface area (Å²) in [5.41, 5.74) is 1.47. The molecule has 0 saturated carbocycles. The molecular weight excluding hydrogens is 330 g/mol. The van der Waals surface area contributed by atoms with E-state index in [1.165, 1.54) is 4.57 Å². The molecule has 1 amide bonds. The number of pyridine rings is 2. The first-order valence-electron chi connectivity index (χ1n) is 8.32. The Labute approximate surface area is 151 Å². The smallest absolute Gasteiger partial charge is 0.412 e. The number of benzene rings is 1. The molecule has 0 bridgehead atoms. The molecule has 0 saturated heterocycles. The Morgan fingerprint density at radius 2 is 1.88 bits per heavy atom. The van der Waals surface area contributed by atoms with Crippen LogP contribution in [0, 0.1) is 0 Å². The van der Waals surface area contributed by atoms with Crippen molar-refractivity contribution in [3.05, 3.63) is 88.5 Å². The number of amides is 1. The lowest BCUT2D eigenvalue weighted by Crippen LogP contribution is -2.27. The topological polar surface area (TPSA) is 73.2 Å². The highest BCUT2D eigenvalue weighted by atomic mass is 16.5. The van der Waals surface area contributed by atoms with Crippen LogP contribution in [0.3, 0.4) is 0 Å². The Morgan fingerprint density at radius 3 is 2.58 bits per heavy atom. The lowest BCUT2D eigenvalue weighted by Gasteiger charge is -2.13. The minimum absolute atomic E-state index is 0.134. The number of rotatable bonds is 5. The van der Waals surface area contributed by atoms with Gasteiger partial charge in [0.1, 0.15) is 18.1 Å². The molecule has 0 atom stereocenters. The van der Waals surface area contributed by atoms with Crippen molar-refractivity contribution >= 4 is 11.8 Å². The van der Waals surface area contributed by atoms with Crippen LogP contribution in [0.1, 0.15) is 18.1 Å². The predicted molar refractivity (Wildman–Crippen MR) is 99.5 cm³/mol. The van der Waals surface area contributed by atoms with Crippen LogP contribution in [0.15, 0.2) is 71.8 Å². The van der Waals surface area contributed by atoms with Gasteiger partial charge in [-0.25, -0.2) is 9.78 Å². The lowest BCUT2D eigenvalue weighted by atomic mass is 10.1. The SMILES string of the molecule is CCc1ccn(-c2ccccn2)c(=O)c1NC(=O)OCc1ccccc1. The monoisotopic (exact) mass is 349 g/mol. The third kappa shape index (κ3) is 3.97.